The molecule has 2 heterocycles. The van der Waals surface area contributed by atoms with Crippen molar-refractivity contribution < 1.29 is 13.2 Å². The molecular weight excluding hydrogens is 388 g/mol. The third-order valence-corrected chi connectivity index (χ3v) is 6.92. The van der Waals surface area contributed by atoms with Crippen molar-refractivity contribution in [3.63, 3.8) is 0 Å². The first-order valence-electron chi connectivity index (χ1n) is 8.95. The summed E-state index contributed by atoms with van der Waals surface area (Å²) in [7, 11) is -3.55. The van der Waals surface area contributed by atoms with E-state index in [0.717, 1.165) is 12.1 Å². The minimum absolute atomic E-state index is 0.0391. The number of rotatable bonds is 6. The fraction of sp³-hybridized carbons (Fsp3) is 0.444. The Morgan fingerprint density at radius 2 is 1.93 bits per heavy atom. The molecule has 3 rings (SSSR count). The fourth-order valence-electron chi connectivity index (χ4n) is 3.12. The van der Waals surface area contributed by atoms with Crippen LogP contribution in [0, 0.1) is 5.92 Å². The zero-order valence-electron chi connectivity index (χ0n) is 15.1. The van der Waals surface area contributed by atoms with Crippen LogP contribution in [-0.4, -0.2) is 41.5 Å². The molecule has 0 radical (unpaired) electrons. The molecule has 0 spiro atoms. The Morgan fingerprint density at radius 3 is 2.52 bits per heavy atom. The molecule has 1 fully saturated rings. The number of carbonyl (C=O) groups is 1. The Labute approximate surface area is 164 Å². The van der Waals surface area contributed by atoms with Crippen molar-refractivity contribution in [2.45, 2.75) is 37.8 Å². The zero-order chi connectivity index (χ0) is 19.4. The second-order valence-corrected chi connectivity index (χ2v) is 8.93. The molecule has 0 unspecified atom stereocenters. The standard InChI is InChI=1S/C18H23ClN4O3S/c1-2-22-13-14(12-21-22)11-20-18(24)15-7-9-23(10-8-15)27(25,26)17-5-3-16(19)4-6-17/h3-6,12-13,15H,2,7-11H2,1H3,(H,20,24). The lowest BCUT2D eigenvalue weighted by Crippen LogP contribution is -2.42. The molecule has 1 aromatic carbocycles. The Kier molecular flexibility index (Phi) is 6.18. The minimum Gasteiger partial charge on any atom is -0.352 e. The average molecular weight is 411 g/mol. The van der Waals surface area contributed by atoms with E-state index in [2.05, 4.69) is 10.4 Å². The van der Waals surface area contributed by atoms with E-state index >= 15 is 0 Å². The SMILES string of the molecule is CCn1cc(CNC(=O)C2CCN(S(=O)(=O)c3ccc(Cl)cc3)CC2)cn1. The highest BCUT2D eigenvalue weighted by molar-refractivity contribution is 7.89. The summed E-state index contributed by atoms with van der Waals surface area (Å²) < 4.78 is 28.6. The predicted octanol–water partition coefficient (Wildman–Crippen LogP) is 2.27. The van der Waals surface area contributed by atoms with Crippen molar-refractivity contribution >= 4 is 27.5 Å². The Hall–Kier alpha value is -1.90. The number of aryl methyl sites for hydroxylation is 1. The highest BCUT2D eigenvalue weighted by atomic mass is 35.5. The van der Waals surface area contributed by atoms with Crippen LogP contribution >= 0.6 is 11.6 Å². The average Bonchev–Trinajstić information content (AvgIpc) is 3.15. The Morgan fingerprint density at radius 1 is 1.26 bits per heavy atom. The van der Waals surface area contributed by atoms with Gasteiger partial charge in [0.1, 0.15) is 0 Å². The quantitative estimate of drug-likeness (QED) is 0.791. The number of amides is 1. The van der Waals surface area contributed by atoms with Gasteiger partial charge in [-0.3, -0.25) is 9.48 Å². The summed E-state index contributed by atoms with van der Waals surface area (Å²) in [4.78, 5) is 12.6. The monoisotopic (exact) mass is 410 g/mol. The summed E-state index contributed by atoms with van der Waals surface area (Å²) in [5.74, 6) is -0.217. The molecule has 1 amide bonds. The maximum absolute atomic E-state index is 12.7. The number of hydrogen-bond acceptors (Lipinski definition) is 4. The molecule has 7 nitrogen and oxygen atoms in total. The van der Waals surface area contributed by atoms with Crippen LogP contribution in [0.15, 0.2) is 41.6 Å². The van der Waals surface area contributed by atoms with Gasteiger partial charge in [0.15, 0.2) is 0 Å². The summed E-state index contributed by atoms with van der Waals surface area (Å²) in [6.07, 6.45) is 4.66. The lowest BCUT2D eigenvalue weighted by Gasteiger charge is -2.30. The van der Waals surface area contributed by atoms with Crippen LogP contribution in [-0.2, 0) is 27.9 Å². The van der Waals surface area contributed by atoms with Crippen LogP contribution in [0.1, 0.15) is 25.3 Å². The molecule has 1 aromatic heterocycles. The molecular formula is C18H23ClN4O3S. The van der Waals surface area contributed by atoms with Crippen molar-refractivity contribution in [1.82, 2.24) is 19.4 Å². The number of carbonyl (C=O) groups excluding carboxylic acids is 1. The normalized spacial score (nSPS) is 16.4. The van der Waals surface area contributed by atoms with Gasteiger partial charge >= 0.3 is 0 Å². The first kappa shape index (κ1) is 19.9. The number of halogens is 1. The van der Waals surface area contributed by atoms with E-state index in [9.17, 15) is 13.2 Å². The van der Waals surface area contributed by atoms with Crippen LogP contribution in [0.5, 0.6) is 0 Å². The zero-order valence-corrected chi connectivity index (χ0v) is 16.7. The number of piperidine rings is 1. The number of sulfonamides is 1. The van der Waals surface area contributed by atoms with Gasteiger partial charge in [-0.05, 0) is 44.0 Å². The molecule has 0 saturated carbocycles. The molecule has 2 aromatic rings. The maximum Gasteiger partial charge on any atom is 0.243 e. The summed E-state index contributed by atoms with van der Waals surface area (Å²) in [5, 5.41) is 7.60. The van der Waals surface area contributed by atoms with Gasteiger partial charge in [0, 0.05) is 48.9 Å². The van der Waals surface area contributed by atoms with Gasteiger partial charge in [-0.25, -0.2) is 8.42 Å². The summed E-state index contributed by atoms with van der Waals surface area (Å²) in [6, 6.07) is 6.14. The van der Waals surface area contributed by atoms with E-state index < -0.39 is 10.0 Å². The maximum atomic E-state index is 12.7. The van der Waals surface area contributed by atoms with Crippen molar-refractivity contribution in [2.75, 3.05) is 13.1 Å². The molecule has 146 valence electrons. The van der Waals surface area contributed by atoms with Gasteiger partial charge in [0.2, 0.25) is 15.9 Å². The van der Waals surface area contributed by atoms with E-state index in [4.69, 9.17) is 11.6 Å². The topological polar surface area (TPSA) is 84.3 Å². The van der Waals surface area contributed by atoms with Gasteiger partial charge < -0.3 is 5.32 Å². The highest BCUT2D eigenvalue weighted by Crippen LogP contribution is 2.25. The molecule has 27 heavy (non-hydrogen) atoms. The van der Waals surface area contributed by atoms with Crippen LogP contribution in [0.4, 0.5) is 0 Å². The molecule has 1 saturated heterocycles. The van der Waals surface area contributed by atoms with Crippen molar-refractivity contribution in [1.29, 1.82) is 0 Å². The summed E-state index contributed by atoms with van der Waals surface area (Å²) in [6.45, 7) is 3.88. The van der Waals surface area contributed by atoms with E-state index in [1.165, 1.54) is 16.4 Å². The smallest absolute Gasteiger partial charge is 0.243 e. The third kappa shape index (κ3) is 4.69. The Balaban J connectivity index is 1.53. The number of nitrogens with zero attached hydrogens (tertiary/aromatic N) is 3. The van der Waals surface area contributed by atoms with E-state index in [0.29, 0.717) is 37.5 Å². The second kappa shape index (κ2) is 8.41. The first-order chi connectivity index (χ1) is 12.9. The van der Waals surface area contributed by atoms with Gasteiger partial charge in [0.25, 0.3) is 0 Å². The molecule has 1 N–H and O–H groups in total. The van der Waals surface area contributed by atoms with Crippen LogP contribution in [0.3, 0.4) is 0 Å². The fourth-order valence-corrected chi connectivity index (χ4v) is 4.71. The summed E-state index contributed by atoms with van der Waals surface area (Å²) in [5.41, 5.74) is 0.952. The third-order valence-electron chi connectivity index (χ3n) is 4.75. The molecule has 9 heteroatoms. The van der Waals surface area contributed by atoms with Crippen LogP contribution in [0.25, 0.3) is 0 Å². The number of nitrogens with one attached hydrogen (secondary N) is 1. The van der Waals surface area contributed by atoms with Crippen molar-refractivity contribution in [3.05, 3.63) is 47.2 Å². The minimum atomic E-state index is -3.55. The van der Waals surface area contributed by atoms with E-state index in [-0.39, 0.29) is 16.7 Å². The van der Waals surface area contributed by atoms with E-state index in [1.807, 2.05) is 17.8 Å². The van der Waals surface area contributed by atoms with Crippen molar-refractivity contribution in [3.8, 4) is 0 Å². The van der Waals surface area contributed by atoms with E-state index in [1.54, 1.807) is 18.3 Å². The molecule has 1 aliphatic heterocycles. The Bertz CT molecular complexity index is 888. The lowest BCUT2D eigenvalue weighted by molar-refractivity contribution is -0.126. The number of aromatic nitrogens is 2. The van der Waals surface area contributed by atoms with Crippen LogP contribution in [0.2, 0.25) is 5.02 Å². The van der Waals surface area contributed by atoms with Gasteiger partial charge in [-0.15, -0.1) is 0 Å². The molecule has 0 aliphatic carbocycles. The van der Waals surface area contributed by atoms with Gasteiger partial charge in [-0.1, -0.05) is 11.6 Å². The van der Waals surface area contributed by atoms with Gasteiger partial charge in [-0.2, -0.15) is 9.40 Å². The highest BCUT2D eigenvalue weighted by Gasteiger charge is 2.32. The second-order valence-electron chi connectivity index (χ2n) is 6.55. The van der Waals surface area contributed by atoms with Gasteiger partial charge in [0.05, 0.1) is 11.1 Å². The van der Waals surface area contributed by atoms with Crippen molar-refractivity contribution in [2.24, 2.45) is 5.92 Å². The largest absolute Gasteiger partial charge is 0.352 e. The first-order valence-corrected chi connectivity index (χ1v) is 10.8. The molecule has 1 aliphatic rings. The number of benzene rings is 1. The predicted molar refractivity (Wildman–Crippen MR) is 103 cm³/mol. The molecule has 0 atom stereocenters. The summed E-state index contributed by atoms with van der Waals surface area (Å²) >= 11 is 5.83. The van der Waals surface area contributed by atoms with Crippen LogP contribution < -0.4 is 5.32 Å². The lowest BCUT2D eigenvalue weighted by atomic mass is 9.97. The number of hydrogen-bond donors (Lipinski definition) is 1. The molecule has 0 bridgehead atoms.